The molecule has 0 aliphatic carbocycles. The lowest BCUT2D eigenvalue weighted by Gasteiger charge is -2.34. The number of aliphatic hydroxyl groups is 1. The Bertz CT molecular complexity index is 698. The zero-order valence-corrected chi connectivity index (χ0v) is 15.0. The number of benzene rings is 1. The Morgan fingerprint density at radius 3 is 2.58 bits per heavy atom. The molecule has 1 aromatic heterocycles. The summed E-state index contributed by atoms with van der Waals surface area (Å²) < 4.78 is 5.60. The minimum Gasteiger partial charge on any atom is -0.472 e. The maximum absolute atomic E-state index is 12.6. The van der Waals surface area contributed by atoms with Crippen molar-refractivity contribution in [2.45, 2.75) is 26.4 Å². The van der Waals surface area contributed by atoms with Crippen LogP contribution in [0.1, 0.15) is 35.8 Å². The molecule has 0 radical (unpaired) electrons. The average molecular weight is 355 g/mol. The molecule has 1 aliphatic rings. The highest BCUT2D eigenvalue weighted by Crippen LogP contribution is 2.25. The number of carbonyl (C=O) groups excluding carboxylic acids is 1. The van der Waals surface area contributed by atoms with Gasteiger partial charge in [0.05, 0.1) is 12.4 Å². The van der Waals surface area contributed by atoms with Crippen molar-refractivity contribution >= 4 is 5.91 Å². The maximum Gasteiger partial charge on any atom is 0.274 e. The van der Waals surface area contributed by atoms with Crippen molar-refractivity contribution in [1.82, 2.24) is 14.9 Å². The number of aromatic nitrogens is 2. The second kappa shape index (κ2) is 8.76. The maximum atomic E-state index is 12.6. The van der Waals surface area contributed by atoms with Crippen molar-refractivity contribution < 1.29 is 14.6 Å². The van der Waals surface area contributed by atoms with E-state index in [9.17, 15) is 9.90 Å². The molecule has 2 aromatic rings. The van der Waals surface area contributed by atoms with Gasteiger partial charge < -0.3 is 14.7 Å². The Morgan fingerprint density at radius 2 is 1.96 bits per heavy atom. The molecule has 1 N–H and O–H groups in total. The van der Waals surface area contributed by atoms with Gasteiger partial charge in [0.15, 0.2) is 0 Å². The monoisotopic (exact) mass is 355 g/mol. The summed E-state index contributed by atoms with van der Waals surface area (Å²) in [6, 6.07) is 9.82. The quantitative estimate of drug-likeness (QED) is 0.862. The van der Waals surface area contributed by atoms with E-state index in [0.29, 0.717) is 37.2 Å². The number of amides is 1. The molecule has 1 amide bonds. The van der Waals surface area contributed by atoms with Crippen LogP contribution in [-0.2, 0) is 6.61 Å². The van der Waals surface area contributed by atoms with Crippen LogP contribution in [0, 0.1) is 11.8 Å². The number of hydrogen-bond donors (Lipinski definition) is 1. The lowest BCUT2D eigenvalue weighted by molar-refractivity contribution is 0.0626. The molecule has 0 bridgehead atoms. The van der Waals surface area contributed by atoms with Crippen LogP contribution in [0.15, 0.2) is 42.7 Å². The van der Waals surface area contributed by atoms with Gasteiger partial charge in [0, 0.05) is 19.7 Å². The first-order valence-electron chi connectivity index (χ1n) is 9.06. The number of aliphatic hydroxyl groups excluding tert-OH is 1. The van der Waals surface area contributed by atoms with E-state index < -0.39 is 0 Å². The van der Waals surface area contributed by atoms with E-state index >= 15 is 0 Å². The van der Waals surface area contributed by atoms with Gasteiger partial charge in [0.1, 0.15) is 12.3 Å². The van der Waals surface area contributed by atoms with E-state index in [4.69, 9.17) is 4.74 Å². The highest BCUT2D eigenvalue weighted by molar-refractivity contribution is 5.92. The molecule has 6 heteroatoms. The van der Waals surface area contributed by atoms with Crippen LogP contribution in [0.25, 0.3) is 0 Å². The third-order valence-corrected chi connectivity index (χ3v) is 5.00. The number of likely N-dealkylation sites (tertiary alicyclic amines) is 1. The van der Waals surface area contributed by atoms with E-state index in [0.717, 1.165) is 18.4 Å². The summed E-state index contributed by atoms with van der Waals surface area (Å²) in [5.41, 5.74) is 1.39. The van der Waals surface area contributed by atoms with Crippen LogP contribution in [0.3, 0.4) is 0 Å². The van der Waals surface area contributed by atoms with Gasteiger partial charge >= 0.3 is 0 Å². The summed E-state index contributed by atoms with van der Waals surface area (Å²) in [6.07, 6.45) is 4.81. The molecule has 1 saturated heterocycles. The molecule has 2 heterocycles. The van der Waals surface area contributed by atoms with Crippen LogP contribution in [0.4, 0.5) is 0 Å². The van der Waals surface area contributed by atoms with E-state index in [1.165, 1.54) is 12.4 Å². The predicted octanol–water partition coefficient (Wildman–Crippen LogP) is 2.54. The third-order valence-electron chi connectivity index (χ3n) is 5.00. The molecular formula is C20H25N3O3. The number of piperidine rings is 1. The molecule has 1 aliphatic heterocycles. The molecule has 138 valence electrons. The molecule has 6 nitrogen and oxygen atoms in total. The van der Waals surface area contributed by atoms with Gasteiger partial charge in [-0.25, -0.2) is 9.97 Å². The normalized spacial score (nSPS) is 16.3. The Hall–Kier alpha value is -2.47. The predicted molar refractivity (Wildman–Crippen MR) is 97.7 cm³/mol. The first kappa shape index (κ1) is 18.3. The van der Waals surface area contributed by atoms with E-state index in [1.807, 2.05) is 35.2 Å². The van der Waals surface area contributed by atoms with Crippen molar-refractivity contribution in [3.8, 4) is 5.88 Å². The van der Waals surface area contributed by atoms with Gasteiger partial charge in [-0.3, -0.25) is 4.79 Å². The fourth-order valence-electron chi connectivity index (χ4n) is 3.22. The van der Waals surface area contributed by atoms with Crippen molar-refractivity contribution in [3.63, 3.8) is 0 Å². The summed E-state index contributed by atoms with van der Waals surface area (Å²) in [7, 11) is 0. The average Bonchev–Trinajstić information content (AvgIpc) is 2.72. The molecule has 3 rings (SSSR count). The number of nitrogens with zero attached hydrogens (tertiary/aromatic N) is 3. The Labute approximate surface area is 153 Å². The molecular weight excluding hydrogens is 330 g/mol. The number of hydrogen-bond acceptors (Lipinski definition) is 5. The Morgan fingerprint density at radius 1 is 1.23 bits per heavy atom. The van der Waals surface area contributed by atoms with Crippen LogP contribution in [0.2, 0.25) is 0 Å². The molecule has 1 aromatic carbocycles. The van der Waals surface area contributed by atoms with Crippen molar-refractivity contribution in [2.75, 3.05) is 19.7 Å². The fourth-order valence-corrected chi connectivity index (χ4v) is 3.22. The summed E-state index contributed by atoms with van der Waals surface area (Å²) in [5, 5.41) is 9.27. The lowest BCUT2D eigenvalue weighted by Crippen LogP contribution is -2.40. The zero-order chi connectivity index (χ0) is 18.4. The fraction of sp³-hybridized carbons (Fsp3) is 0.450. The zero-order valence-electron chi connectivity index (χ0n) is 15.0. The van der Waals surface area contributed by atoms with Gasteiger partial charge in [0.2, 0.25) is 5.88 Å². The highest BCUT2D eigenvalue weighted by Gasteiger charge is 2.27. The van der Waals surface area contributed by atoms with Crippen LogP contribution in [-0.4, -0.2) is 45.6 Å². The van der Waals surface area contributed by atoms with E-state index in [2.05, 4.69) is 16.9 Å². The Balaban J connectivity index is 1.52. The first-order valence-corrected chi connectivity index (χ1v) is 9.06. The van der Waals surface area contributed by atoms with Gasteiger partial charge in [-0.05, 0) is 30.2 Å². The van der Waals surface area contributed by atoms with Crippen molar-refractivity contribution in [2.24, 2.45) is 11.8 Å². The number of rotatable bonds is 6. The van der Waals surface area contributed by atoms with Crippen molar-refractivity contribution in [1.29, 1.82) is 0 Å². The molecule has 1 unspecified atom stereocenters. The van der Waals surface area contributed by atoms with Gasteiger partial charge in [-0.1, -0.05) is 37.3 Å². The smallest absolute Gasteiger partial charge is 0.274 e. The summed E-state index contributed by atoms with van der Waals surface area (Å²) in [6.45, 7) is 4.07. The summed E-state index contributed by atoms with van der Waals surface area (Å²) in [4.78, 5) is 22.8. The molecule has 1 fully saturated rings. The van der Waals surface area contributed by atoms with Gasteiger partial charge in [0.25, 0.3) is 5.91 Å². The summed E-state index contributed by atoms with van der Waals surface area (Å²) in [5.74, 6) is 1.07. The van der Waals surface area contributed by atoms with Crippen molar-refractivity contribution in [3.05, 3.63) is 54.0 Å². The standard InChI is InChI=1S/C20H25N3O3/c1-15(13-24)17-7-9-23(10-8-17)20(25)18-11-22-19(12-21-18)26-14-16-5-3-2-4-6-16/h2-6,11-12,15,17,24H,7-10,13-14H2,1H3. The molecule has 1 atom stereocenters. The SMILES string of the molecule is CC(CO)C1CCN(C(=O)c2cnc(OCc3ccccc3)cn2)CC1. The van der Waals surface area contributed by atoms with Crippen LogP contribution in [0.5, 0.6) is 5.88 Å². The van der Waals surface area contributed by atoms with E-state index in [1.54, 1.807) is 0 Å². The molecule has 26 heavy (non-hydrogen) atoms. The lowest BCUT2D eigenvalue weighted by atomic mass is 9.86. The van der Waals surface area contributed by atoms with Crippen LogP contribution >= 0.6 is 0 Å². The largest absolute Gasteiger partial charge is 0.472 e. The van der Waals surface area contributed by atoms with Crippen LogP contribution < -0.4 is 4.74 Å². The van der Waals surface area contributed by atoms with Gasteiger partial charge in [-0.2, -0.15) is 0 Å². The Kier molecular flexibility index (Phi) is 6.17. The van der Waals surface area contributed by atoms with E-state index in [-0.39, 0.29) is 18.4 Å². The second-order valence-corrected chi connectivity index (χ2v) is 6.80. The minimum atomic E-state index is -0.0952. The number of carbonyl (C=O) groups is 1. The third kappa shape index (κ3) is 4.58. The highest BCUT2D eigenvalue weighted by atomic mass is 16.5. The van der Waals surface area contributed by atoms with Gasteiger partial charge in [-0.15, -0.1) is 0 Å². The molecule has 0 saturated carbocycles. The summed E-state index contributed by atoms with van der Waals surface area (Å²) >= 11 is 0. The number of ether oxygens (including phenoxy) is 1. The topological polar surface area (TPSA) is 75.5 Å². The molecule has 0 spiro atoms. The second-order valence-electron chi connectivity index (χ2n) is 6.80. The first-order chi connectivity index (χ1) is 12.7. The minimum absolute atomic E-state index is 0.0952.